The second-order valence-electron chi connectivity index (χ2n) is 8.81. The number of esters is 2. The van der Waals surface area contributed by atoms with Gasteiger partial charge < -0.3 is 19.1 Å². The van der Waals surface area contributed by atoms with Crippen molar-refractivity contribution in [2.45, 2.75) is 90.1 Å². The molecule has 0 aliphatic carbocycles. The van der Waals surface area contributed by atoms with E-state index in [0.717, 1.165) is 17.1 Å². The Bertz CT molecular complexity index is 465. The van der Waals surface area contributed by atoms with Gasteiger partial charge in [-0.2, -0.15) is 0 Å². The lowest BCUT2D eigenvalue weighted by Gasteiger charge is -2.32. The molecule has 0 radical (unpaired) electrons. The van der Waals surface area contributed by atoms with Gasteiger partial charge in [-0.1, -0.05) is 64.9 Å². The summed E-state index contributed by atoms with van der Waals surface area (Å²) in [6.07, 6.45) is 14.2. The fraction of sp³-hybridized carbons (Fsp3) is 0.833. The molecule has 0 spiro atoms. The molecule has 1 atom stereocenters. The highest BCUT2D eigenvalue weighted by Gasteiger charge is 2.20. The number of hydrogen-bond acceptors (Lipinski definition) is 5. The normalized spacial score (nSPS) is 12.4. The topological polar surface area (TPSA) is 72.8 Å². The Labute approximate surface area is 184 Å². The van der Waals surface area contributed by atoms with Crippen LogP contribution >= 0.6 is 0 Å². The van der Waals surface area contributed by atoms with E-state index >= 15 is 0 Å². The number of aliphatic hydroxyl groups excluding tert-OH is 1. The molecule has 0 rings (SSSR count). The molecule has 0 saturated carbocycles. The fourth-order valence-electron chi connectivity index (χ4n) is 3.46. The molecule has 6 heteroatoms. The number of aliphatic hydroxyl groups is 1. The van der Waals surface area contributed by atoms with Gasteiger partial charge in [-0.3, -0.25) is 4.79 Å². The fourth-order valence-corrected chi connectivity index (χ4v) is 3.46. The van der Waals surface area contributed by atoms with Crippen LogP contribution in [0.25, 0.3) is 0 Å². The summed E-state index contributed by atoms with van der Waals surface area (Å²) in [5.74, 6) is -0.987. The lowest BCUT2D eigenvalue weighted by atomic mass is 10.1. The van der Waals surface area contributed by atoms with Gasteiger partial charge in [-0.05, 0) is 12.8 Å². The predicted octanol–water partition coefficient (Wildman–Crippen LogP) is 4.40. The Morgan fingerprint density at radius 2 is 1.50 bits per heavy atom. The van der Waals surface area contributed by atoms with E-state index in [4.69, 9.17) is 9.47 Å². The van der Waals surface area contributed by atoms with Crippen molar-refractivity contribution in [3.05, 3.63) is 12.7 Å². The van der Waals surface area contributed by atoms with Crippen LogP contribution in [0.5, 0.6) is 0 Å². The number of ether oxygens (including phenoxy) is 2. The van der Waals surface area contributed by atoms with Crippen LogP contribution < -0.4 is 0 Å². The Balaban J connectivity index is 3.69. The van der Waals surface area contributed by atoms with Crippen molar-refractivity contribution in [2.75, 3.05) is 40.4 Å². The van der Waals surface area contributed by atoms with Crippen LogP contribution in [0.4, 0.5) is 0 Å². The molecule has 30 heavy (non-hydrogen) atoms. The zero-order valence-electron chi connectivity index (χ0n) is 19.7. The van der Waals surface area contributed by atoms with Crippen LogP contribution in [0.3, 0.4) is 0 Å². The number of carbonyl (C=O) groups excluding carboxylic acids is 2. The van der Waals surface area contributed by atoms with Gasteiger partial charge in [0.25, 0.3) is 0 Å². The summed E-state index contributed by atoms with van der Waals surface area (Å²) in [5.41, 5.74) is 0. The molecule has 0 aliphatic rings. The summed E-state index contributed by atoms with van der Waals surface area (Å²) in [5, 5.41) is 10.3. The first-order chi connectivity index (χ1) is 14.3. The third-order valence-corrected chi connectivity index (χ3v) is 5.25. The summed E-state index contributed by atoms with van der Waals surface area (Å²) in [4.78, 5) is 22.5. The number of unbranched alkanes of at least 4 members (excludes halogenated alkanes) is 9. The molecule has 1 unspecified atom stereocenters. The summed E-state index contributed by atoms with van der Waals surface area (Å²) >= 11 is 0. The highest BCUT2D eigenvalue weighted by molar-refractivity contribution is 5.81. The quantitative estimate of drug-likeness (QED) is 0.135. The molecular weight excluding hydrogens is 382 g/mol. The van der Waals surface area contributed by atoms with E-state index in [1.807, 2.05) is 0 Å². The number of nitrogens with zero attached hydrogens (tertiary/aromatic N) is 1. The van der Waals surface area contributed by atoms with E-state index in [0.29, 0.717) is 13.0 Å². The van der Waals surface area contributed by atoms with Gasteiger partial charge in [-0.25, -0.2) is 4.79 Å². The molecule has 0 aromatic heterocycles. The summed E-state index contributed by atoms with van der Waals surface area (Å²) in [6, 6.07) is 0. The minimum Gasteiger partial charge on any atom is -0.465 e. The molecule has 0 bridgehead atoms. The molecule has 0 aromatic carbocycles. The van der Waals surface area contributed by atoms with Gasteiger partial charge >= 0.3 is 11.9 Å². The Morgan fingerprint density at radius 1 is 0.933 bits per heavy atom. The monoisotopic (exact) mass is 428 g/mol. The van der Waals surface area contributed by atoms with Crippen molar-refractivity contribution in [3.8, 4) is 0 Å². The van der Waals surface area contributed by atoms with Crippen molar-refractivity contribution in [1.29, 1.82) is 0 Å². The summed E-state index contributed by atoms with van der Waals surface area (Å²) < 4.78 is 10.6. The van der Waals surface area contributed by atoms with Crippen LogP contribution in [0, 0.1) is 0 Å². The third kappa shape index (κ3) is 18.6. The van der Waals surface area contributed by atoms with Crippen molar-refractivity contribution in [3.63, 3.8) is 0 Å². The lowest BCUT2D eigenvalue weighted by molar-refractivity contribution is -0.893. The maximum atomic E-state index is 11.6. The molecular formula is C24H46NO5+. The molecule has 0 amide bonds. The first-order valence-electron chi connectivity index (χ1n) is 11.8. The van der Waals surface area contributed by atoms with Crippen LogP contribution in [0.15, 0.2) is 12.7 Å². The Morgan fingerprint density at radius 3 is 2.07 bits per heavy atom. The van der Waals surface area contributed by atoms with Gasteiger partial charge in [-0.15, -0.1) is 0 Å². The highest BCUT2D eigenvalue weighted by Crippen LogP contribution is 2.12. The van der Waals surface area contributed by atoms with Crippen LogP contribution in [0.2, 0.25) is 0 Å². The Hall–Kier alpha value is -1.40. The van der Waals surface area contributed by atoms with E-state index in [2.05, 4.69) is 27.6 Å². The number of likely N-dealkylation sites (N-methyl/N-ethyl adjacent to an activating group) is 1. The van der Waals surface area contributed by atoms with E-state index < -0.39 is 18.0 Å². The standard InChI is InChI=1S/C24H46NO5/c1-5-7-8-9-10-11-12-13-14-15-18-25(3,4)21-22(26)16-19-30-24(28)17-20-29-23(27)6-2/h6,22,26H,2,5,7-21H2,1,3-4H3/q+1. The van der Waals surface area contributed by atoms with Gasteiger partial charge in [0.05, 0.1) is 33.7 Å². The van der Waals surface area contributed by atoms with E-state index in [9.17, 15) is 14.7 Å². The second-order valence-corrected chi connectivity index (χ2v) is 8.81. The minimum atomic E-state index is -0.555. The summed E-state index contributed by atoms with van der Waals surface area (Å²) in [7, 11) is 4.27. The maximum Gasteiger partial charge on any atom is 0.330 e. The van der Waals surface area contributed by atoms with Crippen molar-refractivity contribution < 1.29 is 28.7 Å². The van der Waals surface area contributed by atoms with Gasteiger partial charge in [0, 0.05) is 12.5 Å². The van der Waals surface area contributed by atoms with Gasteiger partial charge in [0.2, 0.25) is 0 Å². The van der Waals surface area contributed by atoms with Crippen molar-refractivity contribution >= 4 is 11.9 Å². The third-order valence-electron chi connectivity index (χ3n) is 5.25. The lowest BCUT2D eigenvalue weighted by Crippen LogP contribution is -2.46. The summed E-state index contributed by atoms with van der Waals surface area (Å²) in [6.45, 7) is 7.38. The Kier molecular flexibility index (Phi) is 17.5. The molecule has 1 N–H and O–H groups in total. The number of quaternary nitrogens is 1. The number of hydrogen-bond donors (Lipinski definition) is 1. The first-order valence-corrected chi connectivity index (χ1v) is 11.8. The van der Waals surface area contributed by atoms with Crippen LogP contribution in [0.1, 0.15) is 84.0 Å². The average molecular weight is 429 g/mol. The zero-order valence-corrected chi connectivity index (χ0v) is 19.7. The first kappa shape index (κ1) is 28.6. The molecule has 6 nitrogen and oxygen atoms in total. The highest BCUT2D eigenvalue weighted by atomic mass is 16.5. The average Bonchev–Trinajstić information content (AvgIpc) is 2.68. The van der Waals surface area contributed by atoms with Crippen molar-refractivity contribution in [2.24, 2.45) is 0 Å². The molecule has 0 aromatic rings. The number of carbonyl (C=O) groups is 2. The van der Waals surface area contributed by atoms with Crippen LogP contribution in [-0.4, -0.2) is 68.0 Å². The smallest absolute Gasteiger partial charge is 0.330 e. The van der Waals surface area contributed by atoms with Gasteiger partial charge in [0.15, 0.2) is 0 Å². The number of rotatable bonds is 20. The van der Waals surface area contributed by atoms with Gasteiger partial charge in [0.1, 0.15) is 19.3 Å². The minimum absolute atomic E-state index is 0.00989. The second kappa shape index (κ2) is 18.4. The van der Waals surface area contributed by atoms with E-state index in [1.165, 1.54) is 64.2 Å². The SMILES string of the molecule is C=CC(=O)OCCC(=O)OCCC(O)C[N+](C)(C)CCCCCCCCCCCC. The molecule has 0 fully saturated rings. The van der Waals surface area contributed by atoms with Crippen LogP contribution in [-0.2, 0) is 19.1 Å². The zero-order chi connectivity index (χ0) is 22.7. The van der Waals surface area contributed by atoms with Crippen molar-refractivity contribution in [1.82, 2.24) is 0 Å². The molecule has 0 heterocycles. The van der Waals surface area contributed by atoms with E-state index in [1.54, 1.807) is 0 Å². The molecule has 0 aliphatic heterocycles. The largest absolute Gasteiger partial charge is 0.465 e. The predicted molar refractivity (Wildman–Crippen MR) is 121 cm³/mol. The molecule has 176 valence electrons. The maximum absolute atomic E-state index is 11.6. The van der Waals surface area contributed by atoms with E-state index in [-0.39, 0.29) is 19.6 Å². The molecule has 0 saturated heterocycles.